The van der Waals surface area contributed by atoms with Gasteiger partial charge in [-0.3, -0.25) is 14.4 Å². The summed E-state index contributed by atoms with van der Waals surface area (Å²) in [6, 6.07) is 9.18. The predicted molar refractivity (Wildman–Crippen MR) is 93.3 cm³/mol. The van der Waals surface area contributed by atoms with E-state index in [0.29, 0.717) is 24.4 Å². The molecule has 0 bridgehead atoms. The van der Waals surface area contributed by atoms with Gasteiger partial charge in [0.2, 0.25) is 0 Å². The minimum atomic E-state index is -0.495. The van der Waals surface area contributed by atoms with E-state index in [-0.39, 0.29) is 17.3 Å². The molecule has 0 aliphatic carbocycles. The van der Waals surface area contributed by atoms with Crippen molar-refractivity contribution in [3.8, 4) is 5.75 Å². The Hall–Kier alpha value is -2.89. The number of para-hydroxylation sites is 1. The van der Waals surface area contributed by atoms with Gasteiger partial charge in [0.25, 0.3) is 11.5 Å². The van der Waals surface area contributed by atoms with E-state index >= 15 is 0 Å². The second kappa shape index (κ2) is 6.93. The summed E-state index contributed by atoms with van der Waals surface area (Å²) in [5, 5.41) is 2.78. The van der Waals surface area contributed by atoms with Crippen molar-refractivity contribution in [1.29, 1.82) is 0 Å². The number of nitrogens with one attached hydrogen (secondary N) is 2. The molecule has 0 saturated heterocycles. The average molecular weight is 340 g/mol. The molecule has 2 aromatic rings. The van der Waals surface area contributed by atoms with Crippen LogP contribution in [0, 0.1) is 12.8 Å². The molecule has 0 saturated carbocycles. The largest absolute Gasteiger partial charge is 0.493 e. The van der Waals surface area contributed by atoms with Gasteiger partial charge in [-0.2, -0.15) is 0 Å². The van der Waals surface area contributed by atoms with Crippen molar-refractivity contribution in [3.63, 3.8) is 0 Å². The molecule has 1 aliphatic heterocycles. The Kier molecular flexibility index (Phi) is 4.70. The molecule has 0 radical (unpaired) electrons. The second-order valence-corrected chi connectivity index (χ2v) is 6.31. The fourth-order valence-corrected chi connectivity index (χ4v) is 3.01. The quantitative estimate of drug-likeness (QED) is 0.832. The Labute approximate surface area is 145 Å². The Bertz CT molecular complexity index is 885. The first-order chi connectivity index (χ1) is 12.0. The van der Waals surface area contributed by atoms with Crippen LogP contribution < -0.4 is 15.6 Å². The molecular weight excluding hydrogens is 320 g/mol. The van der Waals surface area contributed by atoms with E-state index in [1.807, 2.05) is 24.3 Å². The normalized spacial score (nSPS) is 15.8. The van der Waals surface area contributed by atoms with Gasteiger partial charge in [0.1, 0.15) is 11.3 Å². The summed E-state index contributed by atoms with van der Waals surface area (Å²) < 4.78 is 5.70. The summed E-state index contributed by atoms with van der Waals surface area (Å²) in [5.74, 6) is 0.338. The number of H-pyrrole nitrogens is 1. The molecule has 25 heavy (non-hydrogen) atoms. The van der Waals surface area contributed by atoms with Gasteiger partial charge in [-0.15, -0.1) is 0 Å². The topological polar surface area (TPSA) is 88.3 Å². The molecule has 0 fully saturated rings. The maximum absolute atomic E-state index is 12.4. The van der Waals surface area contributed by atoms with Crippen LogP contribution in [-0.2, 0) is 6.42 Å². The molecule has 1 aromatic carbocycles. The fraction of sp³-hybridized carbons (Fsp3) is 0.316. The third-order valence-electron chi connectivity index (χ3n) is 4.37. The number of aryl methyl sites for hydroxylation is 1. The lowest BCUT2D eigenvalue weighted by Gasteiger charge is -2.25. The molecule has 6 heteroatoms. The second-order valence-electron chi connectivity index (χ2n) is 6.31. The highest BCUT2D eigenvalue weighted by Crippen LogP contribution is 2.26. The minimum Gasteiger partial charge on any atom is -0.493 e. The van der Waals surface area contributed by atoms with E-state index in [0.717, 1.165) is 17.7 Å². The van der Waals surface area contributed by atoms with Crippen LogP contribution in [0.15, 0.2) is 35.1 Å². The Morgan fingerprint density at radius 1 is 1.28 bits per heavy atom. The van der Waals surface area contributed by atoms with Crippen LogP contribution in [-0.4, -0.2) is 29.8 Å². The number of aromatic amines is 1. The van der Waals surface area contributed by atoms with E-state index in [1.165, 1.54) is 13.0 Å². The maximum atomic E-state index is 12.4. The van der Waals surface area contributed by atoms with Crippen LogP contribution in [0.3, 0.4) is 0 Å². The van der Waals surface area contributed by atoms with Crippen molar-refractivity contribution < 1.29 is 14.3 Å². The first kappa shape index (κ1) is 17.0. The number of carbonyl (C=O) groups excluding carboxylic acids is 2. The number of Topliss-reactive ketones (excluding diaryl/α,β-unsaturated/α-hetero) is 1. The van der Waals surface area contributed by atoms with Gasteiger partial charge < -0.3 is 15.0 Å². The van der Waals surface area contributed by atoms with Crippen molar-refractivity contribution in [2.24, 2.45) is 5.92 Å². The molecule has 1 amide bonds. The number of carbonyl (C=O) groups is 2. The standard InChI is InChI=1S/C19H20N2O4/c1-11-15(12(2)22)8-16(19(24)21-11)18(23)20-9-13-7-14-5-3-4-6-17(14)25-10-13/h3-6,8,13H,7,9-10H2,1-2H3,(H,20,23)(H,21,24)/t13-/m1/s1. The van der Waals surface area contributed by atoms with Gasteiger partial charge in [0, 0.05) is 23.7 Å². The van der Waals surface area contributed by atoms with Crippen LogP contribution in [0.25, 0.3) is 0 Å². The smallest absolute Gasteiger partial charge is 0.261 e. The zero-order valence-corrected chi connectivity index (χ0v) is 14.2. The minimum absolute atomic E-state index is 0.0482. The number of pyridine rings is 1. The van der Waals surface area contributed by atoms with Gasteiger partial charge in [-0.25, -0.2) is 0 Å². The lowest BCUT2D eigenvalue weighted by Crippen LogP contribution is -2.37. The van der Waals surface area contributed by atoms with Gasteiger partial charge >= 0.3 is 0 Å². The molecule has 1 aliphatic rings. The number of hydrogen-bond acceptors (Lipinski definition) is 4. The van der Waals surface area contributed by atoms with Gasteiger partial charge in [-0.05, 0) is 38.0 Å². The lowest BCUT2D eigenvalue weighted by atomic mass is 9.96. The number of ketones is 1. The Morgan fingerprint density at radius 2 is 2.04 bits per heavy atom. The maximum Gasteiger partial charge on any atom is 0.261 e. The van der Waals surface area contributed by atoms with Gasteiger partial charge in [-0.1, -0.05) is 18.2 Å². The number of amides is 1. The summed E-state index contributed by atoms with van der Waals surface area (Å²) in [6.45, 7) is 3.95. The van der Waals surface area contributed by atoms with Crippen LogP contribution in [0.1, 0.15) is 38.9 Å². The van der Waals surface area contributed by atoms with E-state index in [2.05, 4.69) is 10.3 Å². The zero-order chi connectivity index (χ0) is 18.0. The monoisotopic (exact) mass is 340 g/mol. The summed E-state index contributed by atoms with van der Waals surface area (Å²) in [4.78, 5) is 38.5. The first-order valence-electron chi connectivity index (χ1n) is 8.19. The fourth-order valence-electron chi connectivity index (χ4n) is 3.01. The number of benzene rings is 1. The van der Waals surface area contributed by atoms with Crippen molar-refractivity contribution >= 4 is 11.7 Å². The van der Waals surface area contributed by atoms with Crippen molar-refractivity contribution in [1.82, 2.24) is 10.3 Å². The average Bonchev–Trinajstić information content (AvgIpc) is 2.59. The number of hydrogen-bond donors (Lipinski definition) is 2. The van der Waals surface area contributed by atoms with Crippen molar-refractivity contribution in [2.45, 2.75) is 20.3 Å². The number of ether oxygens (including phenoxy) is 1. The third kappa shape index (κ3) is 3.63. The molecular formula is C19H20N2O4. The lowest BCUT2D eigenvalue weighted by molar-refractivity contribution is 0.0937. The van der Waals surface area contributed by atoms with E-state index in [4.69, 9.17) is 4.74 Å². The Morgan fingerprint density at radius 3 is 2.80 bits per heavy atom. The number of aromatic nitrogens is 1. The molecule has 0 unspecified atom stereocenters. The highest BCUT2D eigenvalue weighted by Gasteiger charge is 2.21. The molecule has 6 nitrogen and oxygen atoms in total. The van der Waals surface area contributed by atoms with Gasteiger partial charge in [0.05, 0.1) is 6.61 Å². The molecule has 1 atom stereocenters. The first-order valence-corrected chi connectivity index (χ1v) is 8.19. The van der Waals surface area contributed by atoms with E-state index in [9.17, 15) is 14.4 Å². The van der Waals surface area contributed by atoms with Crippen LogP contribution in [0.2, 0.25) is 0 Å². The SMILES string of the molecule is CC(=O)c1cc(C(=O)NC[C@@H]2COc3ccccc3C2)c(=O)[nH]c1C. The van der Waals surface area contributed by atoms with Crippen molar-refractivity contribution in [3.05, 3.63) is 63.1 Å². The predicted octanol–water partition coefficient (Wildman–Crippen LogP) is 1.87. The molecule has 130 valence electrons. The van der Waals surface area contributed by atoms with Gasteiger partial charge in [0.15, 0.2) is 5.78 Å². The summed E-state index contributed by atoms with van der Waals surface area (Å²) in [5.41, 5.74) is 1.38. The number of fused-ring (bicyclic) bond motifs is 1. The molecule has 2 N–H and O–H groups in total. The van der Waals surface area contributed by atoms with E-state index < -0.39 is 11.5 Å². The van der Waals surface area contributed by atoms with E-state index in [1.54, 1.807) is 6.92 Å². The molecule has 2 heterocycles. The molecule has 1 aromatic heterocycles. The molecule has 0 spiro atoms. The zero-order valence-electron chi connectivity index (χ0n) is 14.2. The summed E-state index contributed by atoms with van der Waals surface area (Å²) >= 11 is 0. The summed E-state index contributed by atoms with van der Waals surface area (Å²) in [7, 11) is 0. The van der Waals surface area contributed by atoms with Crippen LogP contribution in [0.4, 0.5) is 0 Å². The van der Waals surface area contributed by atoms with Crippen molar-refractivity contribution in [2.75, 3.05) is 13.2 Å². The number of rotatable bonds is 4. The highest BCUT2D eigenvalue weighted by atomic mass is 16.5. The Balaban J connectivity index is 1.69. The van der Waals surface area contributed by atoms with Crippen LogP contribution >= 0.6 is 0 Å². The molecule has 3 rings (SSSR count). The third-order valence-corrected chi connectivity index (χ3v) is 4.37. The van der Waals surface area contributed by atoms with Crippen LogP contribution in [0.5, 0.6) is 5.75 Å². The highest BCUT2D eigenvalue weighted by molar-refractivity contribution is 5.99. The summed E-state index contributed by atoms with van der Waals surface area (Å²) in [6.07, 6.45) is 0.805.